The van der Waals surface area contributed by atoms with Crippen molar-refractivity contribution in [3.8, 4) is 5.75 Å². The van der Waals surface area contributed by atoms with E-state index < -0.39 is 10.0 Å². The average molecular weight is 442 g/mol. The summed E-state index contributed by atoms with van der Waals surface area (Å²) < 4.78 is 34.6. The fourth-order valence-electron chi connectivity index (χ4n) is 3.90. The maximum Gasteiger partial charge on any atom is 0.246 e. The minimum atomic E-state index is -3.57. The van der Waals surface area contributed by atoms with Crippen LogP contribution in [-0.4, -0.2) is 47.7 Å². The van der Waals surface area contributed by atoms with Gasteiger partial charge in [-0.1, -0.05) is 6.07 Å². The molecular weight excluding hydrogens is 414 g/mol. The lowest BCUT2D eigenvalue weighted by Crippen LogP contribution is -2.29. The second-order valence-corrected chi connectivity index (χ2v) is 9.75. The Balaban J connectivity index is 1.54. The van der Waals surface area contributed by atoms with Crippen LogP contribution < -0.4 is 10.1 Å². The SMILES string of the molecule is COc1cccc(Nc2cc(C)nc([C@@H]3CCN(S(=O)(=O)c4cnn(C)c4C)C3)c2)c1. The molecule has 8 nitrogen and oxygen atoms in total. The Kier molecular flexibility index (Phi) is 5.72. The number of rotatable bonds is 6. The number of benzene rings is 1. The van der Waals surface area contributed by atoms with E-state index in [0.29, 0.717) is 18.8 Å². The van der Waals surface area contributed by atoms with Crippen molar-refractivity contribution in [3.63, 3.8) is 0 Å². The van der Waals surface area contributed by atoms with Crippen LogP contribution in [0.2, 0.25) is 0 Å². The third kappa shape index (κ3) is 4.28. The van der Waals surface area contributed by atoms with E-state index in [1.165, 1.54) is 6.20 Å². The van der Waals surface area contributed by atoms with Crippen molar-refractivity contribution < 1.29 is 13.2 Å². The first kappa shape index (κ1) is 21.3. The van der Waals surface area contributed by atoms with Crippen LogP contribution in [0, 0.1) is 13.8 Å². The van der Waals surface area contributed by atoms with E-state index in [4.69, 9.17) is 9.72 Å². The number of nitrogens with zero attached hydrogens (tertiary/aromatic N) is 4. The van der Waals surface area contributed by atoms with E-state index in [2.05, 4.69) is 10.4 Å². The molecule has 0 amide bonds. The number of pyridine rings is 1. The van der Waals surface area contributed by atoms with Crippen LogP contribution in [-0.2, 0) is 17.1 Å². The van der Waals surface area contributed by atoms with Gasteiger partial charge in [0.05, 0.1) is 19.0 Å². The van der Waals surface area contributed by atoms with Crippen molar-refractivity contribution in [2.24, 2.45) is 7.05 Å². The number of anilines is 2. The van der Waals surface area contributed by atoms with Gasteiger partial charge in [-0.05, 0) is 44.5 Å². The van der Waals surface area contributed by atoms with Crippen LogP contribution >= 0.6 is 0 Å². The molecule has 31 heavy (non-hydrogen) atoms. The van der Waals surface area contributed by atoms with Crippen LogP contribution in [0.25, 0.3) is 0 Å². The highest BCUT2D eigenvalue weighted by Crippen LogP contribution is 2.33. The summed E-state index contributed by atoms with van der Waals surface area (Å²) in [4.78, 5) is 4.97. The summed E-state index contributed by atoms with van der Waals surface area (Å²) in [6.45, 7) is 4.59. The van der Waals surface area contributed by atoms with E-state index in [-0.39, 0.29) is 10.8 Å². The predicted molar refractivity (Wildman–Crippen MR) is 119 cm³/mol. The zero-order valence-electron chi connectivity index (χ0n) is 18.2. The number of methoxy groups -OCH3 is 1. The molecule has 2 aromatic heterocycles. The zero-order chi connectivity index (χ0) is 22.2. The van der Waals surface area contributed by atoms with Crippen molar-refractivity contribution >= 4 is 21.4 Å². The van der Waals surface area contributed by atoms with Gasteiger partial charge in [0.15, 0.2) is 0 Å². The third-order valence-corrected chi connectivity index (χ3v) is 7.68. The van der Waals surface area contributed by atoms with Crippen molar-refractivity contribution in [1.29, 1.82) is 0 Å². The minimum Gasteiger partial charge on any atom is -0.497 e. The molecule has 9 heteroatoms. The van der Waals surface area contributed by atoms with Gasteiger partial charge < -0.3 is 10.1 Å². The van der Waals surface area contributed by atoms with Crippen LogP contribution in [0.3, 0.4) is 0 Å². The Morgan fingerprint density at radius 3 is 2.68 bits per heavy atom. The van der Waals surface area contributed by atoms with Crippen molar-refractivity contribution in [2.75, 3.05) is 25.5 Å². The predicted octanol–water partition coefficient (Wildman–Crippen LogP) is 3.36. The highest BCUT2D eigenvalue weighted by atomic mass is 32.2. The molecule has 3 aromatic rings. The van der Waals surface area contributed by atoms with Gasteiger partial charge in [-0.25, -0.2) is 8.42 Å². The second kappa shape index (κ2) is 8.32. The summed E-state index contributed by atoms with van der Waals surface area (Å²) in [7, 11) is -0.189. The molecule has 1 atom stereocenters. The summed E-state index contributed by atoms with van der Waals surface area (Å²) in [5.74, 6) is 0.816. The molecule has 3 heterocycles. The summed E-state index contributed by atoms with van der Waals surface area (Å²) in [5, 5.41) is 7.49. The molecule has 1 saturated heterocycles. The monoisotopic (exact) mass is 441 g/mol. The molecule has 0 spiro atoms. The molecule has 0 bridgehead atoms. The van der Waals surface area contributed by atoms with Crippen molar-refractivity contribution in [3.05, 3.63) is 59.7 Å². The molecule has 0 radical (unpaired) electrons. The molecule has 4 rings (SSSR count). The number of ether oxygens (including phenoxy) is 1. The van der Waals surface area contributed by atoms with Gasteiger partial charge >= 0.3 is 0 Å². The number of hydrogen-bond acceptors (Lipinski definition) is 6. The third-order valence-electron chi connectivity index (χ3n) is 5.71. The van der Waals surface area contributed by atoms with Crippen LogP contribution in [0.4, 0.5) is 11.4 Å². The molecule has 0 saturated carbocycles. The standard InChI is InChI=1S/C22H27N5O3S/c1-15-10-19(25-18-6-5-7-20(11-18)30-4)12-21(24-15)17-8-9-27(14-17)31(28,29)22-13-23-26(3)16(22)2/h5-7,10-13,17H,8-9,14H2,1-4H3,(H,24,25)/t17-/m1/s1. The summed E-state index contributed by atoms with van der Waals surface area (Å²) >= 11 is 0. The minimum absolute atomic E-state index is 0.0394. The first-order chi connectivity index (χ1) is 14.8. The molecule has 1 aliphatic rings. The first-order valence-corrected chi connectivity index (χ1v) is 11.6. The van der Waals surface area contributed by atoms with Gasteiger partial charge in [-0.15, -0.1) is 0 Å². The van der Waals surface area contributed by atoms with Crippen LogP contribution in [0.15, 0.2) is 47.5 Å². The van der Waals surface area contributed by atoms with Gasteiger partial charge in [-0.2, -0.15) is 9.40 Å². The lowest BCUT2D eigenvalue weighted by Gasteiger charge is -2.17. The highest BCUT2D eigenvalue weighted by molar-refractivity contribution is 7.89. The smallest absolute Gasteiger partial charge is 0.246 e. The zero-order valence-corrected chi connectivity index (χ0v) is 19.0. The molecule has 1 fully saturated rings. The number of nitrogens with one attached hydrogen (secondary N) is 1. The van der Waals surface area contributed by atoms with Crippen LogP contribution in [0.1, 0.15) is 29.4 Å². The van der Waals surface area contributed by atoms with E-state index in [1.54, 1.807) is 30.1 Å². The van der Waals surface area contributed by atoms with Gasteiger partial charge in [0.25, 0.3) is 0 Å². The Morgan fingerprint density at radius 2 is 1.97 bits per heavy atom. The van der Waals surface area contributed by atoms with Crippen molar-refractivity contribution in [1.82, 2.24) is 19.1 Å². The maximum absolute atomic E-state index is 13.1. The Morgan fingerprint density at radius 1 is 1.16 bits per heavy atom. The number of hydrogen-bond donors (Lipinski definition) is 1. The second-order valence-electron chi connectivity index (χ2n) is 7.85. The quantitative estimate of drug-likeness (QED) is 0.631. The topological polar surface area (TPSA) is 89.3 Å². The maximum atomic E-state index is 13.1. The fourth-order valence-corrected chi connectivity index (χ4v) is 5.59. The normalized spacial score (nSPS) is 17.1. The van der Waals surface area contributed by atoms with Gasteiger partial charge in [0.2, 0.25) is 10.0 Å². The molecule has 1 N–H and O–H groups in total. The number of aromatic nitrogens is 3. The summed E-state index contributed by atoms with van der Waals surface area (Å²) in [5.41, 5.74) is 4.25. The molecule has 1 aliphatic heterocycles. The lowest BCUT2D eigenvalue weighted by molar-refractivity contribution is 0.415. The molecule has 0 aliphatic carbocycles. The van der Waals surface area contributed by atoms with Gasteiger partial charge in [0.1, 0.15) is 10.6 Å². The fraction of sp³-hybridized carbons (Fsp3) is 0.364. The molecule has 1 aromatic carbocycles. The molecule has 164 valence electrons. The van der Waals surface area contributed by atoms with Gasteiger partial charge in [-0.3, -0.25) is 9.67 Å². The van der Waals surface area contributed by atoms with Crippen LogP contribution in [0.5, 0.6) is 5.75 Å². The molecule has 0 unspecified atom stereocenters. The Bertz CT molecular complexity index is 1210. The average Bonchev–Trinajstić information content (AvgIpc) is 3.36. The lowest BCUT2D eigenvalue weighted by atomic mass is 10.0. The Labute approximate surface area is 182 Å². The largest absolute Gasteiger partial charge is 0.497 e. The van der Waals surface area contributed by atoms with Gasteiger partial charge in [0, 0.05) is 54.9 Å². The Hall–Kier alpha value is -2.91. The number of aryl methyl sites for hydroxylation is 2. The number of sulfonamides is 1. The highest BCUT2D eigenvalue weighted by Gasteiger charge is 2.35. The summed E-state index contributed by atoms with van der Waals surface area (Å²) in [6, 6.07) is 11.7. The van der Waals surface area contributed by atoms with E-state index in [1.807, 2.05) is 43.3 Å². The first-order valence-electron chi connectivity index (χ1n) is 10.2. The van der Waals surface area contributed by atoms with E-state index >= 15 is 0 Å². The van der Waals surface area contributed by atoms with E-state index in [9.17, 15) is 8.42 Å². The van der Waals surface area contributed by atoms with E-state index in [0.717, 1.165) is 34.9 Å². The van der Waals surface area contributed by atoms with Crippen molar-refractivity contribution in [2.45, 2.75) is 31.1 Å². The summed E-state index contributed by atoms with van der Waals surface area (Å²) in [6.07, 6.45) is 2.16. The molecular formula is C22H27N5O3S.